The molecule has 1 nitrogen and oxygen atoms in total. The molecule has 3 rings (SSSR count). The third kappa shape index (κ3) is 1.64. The Morgan fingerprint density at radius 3 is 3.12 bits per heavy atom. The van der Waals surface area contributed by atoms with Gasteiger partial charge >= 0.3 is 0 Å². The predicted octanol–water partition coefficient (Wildman–Crippen LogP) is 3.36. The van der Waals surface area contributed by atoms with Crippen molar-refractivity contribution < 1.29 is 0 Å². The molecule has 2 unspecified atom stereocenters. The molecule has 0 saturated carbocycles. The van der Waals surface area contributed by atoms with E-state index in [1.54, 1.807) is 11.1 Å². The largest absolute Gasteiger partial charge is 0.316 e. The van der Waals surface area contributed by atoms with Crippen molar-refractivity contribution >= 4 is 6.08 Å². The number of rotatable bonds is 1. The van der Waals surface area contributed by atoms with Crippen LogP contribution in [-0.4, -0.2) is 13.1 Å². The smallest absolute Gasteiger partial charge is 0.00324 e. The molecule has 1 fully saturated rings. The highest BCUT2D eigenvalue weighted by Crippen LogP contribution is 2.48. The summed E-state index contributed by atoms with van der Waals surface area (Å²) in [7, 11) is 0. The van der Waals surface area contributed by atoms with Gasteiger partial charge < -0.3 is 5.32 Å². The summed E-state index contributed by atoms with van der Waals surface area (Å²) in [5, 5.41) is 3.58. The molecular weight excluding hydrogens is 206 g/mol. The molecule has 0 amide bonds. The maximum absolute atomic E-state index is 3.58. The molecule has 1 aromatic rings. The molecule has 1 heteroatoms. The Morgan fingerprint density at radius 2 is 2.29 bits per heavy atom. The van der Waals surface area contributed by atoms with Gasteiger partial charge in [-0.1, -0.05) is 37.3 Å². The molecule has 90 valence electrons. The van der Waals surface area contributed by atoms with Crippen LogP contribution in [-0.2, 0) is 6.42 Å². The van der Waals surface area contributed by atoms with Crippen LogP contribution in [0.5, 0.6) is 0 Å². The molecule has 1 heterocycles. The van der Waals surface area contributed by atoms with Gasteiger partial charge in [-0.15, -0.1) is 0 Å². The Morgan fingerprint density at radius 1 is 1.41 bits per heavy atom. The molecule has 1 N–H and O–H groups in total. The number of nitrogens with one attached hydrogen (secondary N) is 1. The second-order valence-corrected chi connectivity index (χ2v) is 5.75. The SMILES string of the molecule is CC=Cc1cccc2c1CCC1(C)CNCC21. The van der Waals surface area contributed by atoms with Gasteiger partial charge in [-0.2, -0.15) is 0 Å². The molecule has 1 aliphatic carbocycles. The Balaban J connectivity index is 2.10. The summed E-state index contributed by atoms with van der Waals surface area (Å²) < 4.78 is 0. The quantitative estimate of drug-likeness (QED) is 0.775. The average molecular weight is 227 g/mol. The molecule has 1 saturated heterocycles. The minimum atomic E-state index is 0.488. The van der Waals surface area contributed by atoms with E-state index < -0.39 is 0 Å². The number of allylic oxidation sites excluding steroid dienone is 1. The van der Waals surface area contributed by atoms with Crippen molar-refractivity contribution in [2.75, 3.05) is 13.1 Å². The molecule has 0 bridgehead atoms. The fourth-order valence-electron chi connectivity index (χ4n) is 3.60. The van der Waals surface area contributed by atoms with E-state index in [0.29, 0.717) is 5.41 Å². The summed E-state index contributed by atoms with van der Waals surface area (Å²) >= 11 is 0. The van der Waals surface area contributed by atoms with Crippen molar-refractivity contribution in [1.82, 2.24) is 5.32 Å². The average Bonchev–Trinajstić information content (AvgIpc) is 2.72. The first-order valence-electron chi connectivity index (χ1n) is 6.70. The van der Waals surface area contributed by atoms with Gasteiger partial charge in [0.1, 0.15) is 0 Å². The summed E-state index contributed by atoms with van der Waals surface area (Å²) in [6, 6.07) is 6.82. The van der Waals surface area contributed by atoms with E-state index in [1.165, 1.54) is 24.9 Å². The normalized spacial score (nSPS) is 31.5. The Bertz CT molecular complexity index is 461. The summed E-state index contributed by atoms with van der Waals surface area (Å²) in [5.74, 6) is 0.719. The van der Waals surface area contributed by atoms with Crippen LogP contribution < -0.4 is 5.32 Å². The molecule has 2 aliphatic rings. The first kappa shape index (κ1) is 11.0. The monoisotopic (exact) mass is 227 g/mol. The minimum absolute atomic E-state index is 0.488. The van der Waals surface area contributed by atoms with Crippen LogP contribution in [0, 0.1) is 5.41 Å². The zero-order chi connectivity index (χ0) is 11.9. The van der Waals surface area contributed by atoms with E-state index >= 15 is 0 Å². The van der Waals surface area contributed by atoms with Crippen molar-refractivity contribution in [2.45, 2.75) is 32.6 Å². The molecule has 17 heavy (non-hydrogen) atoms. The number of benzene rings is 1. The zero-order valence-corrected chi connectivity index (χ0v) is 10.8. The summed E-state index contributed by atoms with van der Waals surface area (Å²) in [4.78, 5) is 0. The Kier molecular flexibility index (Phi) is 2.59. The van der Waals surface area contributed by atoms with E-state index in [2.05, 4.69) is 49.5 Å². The number of hydrogen-bond acceptors (Lipinski definition) is 1. The lowest BCUT2D eigenvalue weighted by Crippen LogP contribution is -2.30. The van der Waals surface area contributed by atoms with E-state index in [4.69, 9.17) is 0 Å². The van der Waals surface area contributed by atoms with Crippen LogP contribution in [0.2, 0.25) is 0 Å². The lowest BCUT2D eigenvalue weighted by atomic mass is 9.66. The van der Waals surface area contributed by atoms with Crippen LogP contribution >= 0.6 is 0 Å². The third-order valence-electron chi connectivity index (χ3n) is 4.63. The zero-order valence-electron chi connectivity index (χ0n) is 10.8. The van der Waals surface area contributed by atoms with Gasteiger partial charge in [0.2, 0.25) is 0 Å². The highest BCUT2D eigenvalue weighted by atomic mass is 14.9. The lowest BCUT2D eigenvalue weighted by molar-refractivity contribution is 0.277. The molecule has 1 aromatic carbocycles. The van der Waals surface area contributed by atoms with Crippen molar-refractivity contribution in [3.63, 3.8) is 0 Å². The van der Waals surface area contributed by atoms with Gasteiger partial charge in [-0.3, -0.25) is 0 Å². The van der Waals surface area contributed by atoms with Gasteiger partial charge in [0, 0.05) is 19.0 Å². The van der Waals surface area contributed by atoms with Gasteiger partial charge in [0.25, 0.3) is 0 Å². The second kappa shape index (κ2) is 3.99. The fraction of sp³-hybridized carbons (Fsp3) is 0.500. The van der Waals surface area contributed by atoms with Crippen LogP contribution in [0.15, 0.2) is 24.3 Å². The maximum atomic E-state index is 3.58. The Hall–Kier alpha value is -1.08. The topological polar surface area (TPSA) is 12.0 Å². The minimum Gasteiger partial charge on any atom is -0.316 e. The van der Waals surface area contributed by atoms with Crippen molar-refractivity contribution in [1.29, 1.82) is 0 Å². The molecule has 0 spiro atoms. The first-order valence-corrected chi connectivity index (χ1v) is 6.70. The van der Waals surface area contributed by atoms with E-state index in [9.17, 15) is 0 Å². The first-order chi connectivity index (χ1) is 8.24. The third-order valence-corrected chi connectivity index (χ3v) is 4.63. The standard InChI is InChI=1S/C16H21N/c1-3-5-12-6-4-7-14-13(12)8-9-16(2)11-17-10-15(14)16/h3-7,15,17H,8-11H2,1-2H3. The van der Waals surface area contributed by atoms with Crippen LogP contribution in [0.4, 0.5) is 0 Å². The van der Waals surface area contributed by atoms with Gasteiger partial charge in [0.05, 0.1) is 0 Å². The summed E-state index contributed by atoms with van der Waals surface area (Å²) in [6.07, 6.45) is 6.97. The molecule has 0 radical (unpaired) electrons. The van der Waals surface area contributed by atoms with Crippen molar-refractivity contribution in [3.8, 4) is 0 Å². The molecule has 2 atom stereocenters. The summed E-state index contributed by atoms with van der Waals surface area (Å²) in [6.45, 7) is 6.89. The Labute approximate surface area is 104 Å². The maximum Gasteiger partial charge on any atom is 0.00324 e. The van der Waals surface area contributed by atoms with Crippen LogP contribution in [0.3, 0.4) is 0 Å². The van der Waals surface area contributed by atoms with E-state index in [0.717, 1.165) is 12.5 Å². The fourth-order valence-corrected chi connectivity index (χ4v) is 3.60. The van der Waals surface area contributed by atoms with Crippen LogP contribution in [0.1, 0.15) is 42.9 Å². The highest BCUT2D eigenvalue weighted by molar-refractivity contribution is 5.57. The summed E-state index contributed by atoms with van der Waals surface area (Å²) in [5.41, 5.74) is 5.11. The van der Waals surface area contributed by atoms with Gasteiger partial charge in [0.15, 0.2) is 0 Å². The number of fused-ring (bicyclic) bond motifs is 3. The molecule has 1 aliphatic heterocycles. The predicted molar refractivity (Wildman–Crippen MR) is 73.2 cm³/mol. The van der Waals surface area contributed by atoms with Crippen molar-refractivity contribution in [3.05, 3.63) is 41.0 Å². The van der Waals surface area contributed by atoms with Gasteiger partial charge in [-0.25, -0.2) is 0 Å². The van der Waals surface area contributed by atoms with Crippen LogP contribution in [0.25, 0.3) is 6.08 Å². The van der Waals surface area contributed by atoms with E-state index in [-0.39, 0.29) is 0 Å². The van der Waals surface area contributed by atoms with Gasteiger partial charge in [-0.05, 0) is 41.9 Å². The van der Waals surface area contributed by atoms with Crippen molar-refractivity contribution in [2.24, 2.45) is 5.41 Å². The van der Waals surface area contributed by atoms with E-state index in [1.807, 2.05) is 0 Å². The number of hydrogen-bond donors (Lipinski definition) is 1. The lowest BCUT2D eigenvalue weighted by Gasteiger charge is -2.37. The molecule has 0 aromatic heterocycles. The highest BCUT2D eigenvalue weighted by Gasteiger charge is 2.43. The molecular formula is C16H21N. The second-order valence-electron chi connectivity index (χ2n) is 5.75.